The van der Waals surface area contributed by atoms with Gasteiger partial charge in [0, 0.05) is 4.88 Å². The van der Waals surface area contributed by atoms with Gasteiger partial charge in [0.2, 0.25) is 0 Å². The number of halogens is 1. The van der Waals surface area contributed by atoms with Crippen molar-refractivity contribution in [1.82, 2.24) is 10.3 Å². The molecule has 1 aliphatic carbocycles. The van der Waals surface area contributed by atoms with Crippen molar-refractivity contribution >= 4 is 11.3 Å². The third kappa shape index (κ3) is 3.19. The average Bonchev–Trinajstić information content (AvgIpc) is 2.68. The number of hydrogen-bond acceptors (Lipinski definition) is 3. The fourth-order valence-corrected chi connectivity index (χ4v) is 3.34. The first-order chi connectivity index (χ1) is 7.33. The Labute approximate surface area is 110 Å². The molecule has 0 saturated heterocycles. The Kier molecular flexibility index (Phi) is 5.73. The van der Waals surface area contributed by atoms with Gasteiger partial charge in [-0.05, 0) is 44.7 Å². The predicted molar refractivity (Wildman–Crippen MR) is 66.7 cm³/mol. The Hall–Kier alpha value is -0.120. The molecule has 1 aromatic rings. The highest BCUT2D eigenvalue weighted by Crippen LogP contribution is 2.29. The molecule has 0 spiro atoms. The number of nitrogens with one attached hydrogen (secondary N) is 1. The van der Waals surface area contributed by atoms with Gasteiger partial charge in [-0.3, -0.25) is 0 Å². The molecule has 1 aliphatic rings. The van der Waals surface area contributed by atoms with Crippen LogP contribution in [0.5, 0.6) is 0 Å². The van der Waals surface area contributed by atoms with Gasteiger partial charge in [0.1, 0.15) is 0 Å². The maximum atomic E-state index is 4.68. The molecular weight excluding hydrogens is 240 g/mol. The Balaban J connectivity index is 0.00000128. The second kappa shape index (κ2) is 6.58. The molecule has 4 heteroatoms. The summed E-state index contributed by atoms with van der Waals surface area (Å²) in [5.74, 6) is 0.836. The summed E-state index contributed by atoms with van der Waals surface area (Å²) in [5, 5.41) is 4.78. The summed E-state index contributed by atoms with van der Waals surface area (Å²) < 4.78 is 0. The van der Waals surface area contributed by atoms with Crippen molar-refractivity contribution in [3.05, 3.63) is 15.6 Å². The van der Waals surface area contributed by atoms with Crippen LogP contribution in [-0.2, 0) is 19.3 Å². The highest BCUT2D eigenvalue weighted by molar-refractivity contribution is 7.11. The lowest BCUT2D eigenvalue weighted by Crippen LogP contribution is -3.00. The molecule has 16 heavy (non-hydrogen) atoms. The van der Waals surface area contributed by atoms with E-state index in [1.807, 2.05) is 11.3 Å². The number of aryl methyl sites for hydroxylation is 2. The third-order valence-corrected chi connectivity index (χ3v) is 4.34. The van der Waals surface area contributed by atoms with E-state index in [2.05, 4.69) is 24.1 Å². The van der Waals surface area contributed by atoms with E-state index in [9.17, 15) is 0 Å². The largest absolute Gasteiger partial charge is 1.00 e. The smallest absolute Gasteiger partial charge is 1.00 e. The van der Waals surface area contributed by atoms with Crippen molar-refractivity contribution in [2.75, 3.05) is 13.1 Å². The zero-order chi connectivity index (χ0) is 10.7. The standard InChI is InChI=1S/C12H20N2S.ClH/c1-3-12-14-10-6-5-9(8-13-4-2)7-11(10)15-12;/h9,13H,3-8H2,1-2H3;1H. The monoisotopic (exact) mass is 260 g/mol. The molecule has 2 rings (SSSR count). The Morgan fingerprint density at radius 3 is 3.00 bits per heavy atom. The molecule has 0 amide bonds. The van der Waals surface area contributed by atoms with Gasteiger partial charge in [-0.25, -0.2) is 4.98 Å². The van der Waals surface area contributed by atoms with E-state index in [1.54, 1.807) is 4.88 Å². The Bertz CT molecular complexity index is 330. The number of fused-ring (bicyclic) bond motifs is 1. The van der Waals surface area contributed by atoms with Crippen LogP contribution in [0.15, 0.2) is 0 Å². The predicted octanol–water partition coefficient (Wildman–Crippen LogP) is -0.464. The second-order valence-corrected chi connectivity index (χ2v) is 5.42. The van der Waals surface area contributed by atoms with Crippen LogP contribution in [0, 0.1) is 5.92 Å². The van der Waals surface area contributed by atoms with Gasteiger partial charge in [0.25, 0.3) is 0 Å². The van der Waals surface area contributed by atoms with Crippen LogP contribution in [0.3, 0.4) is 0 Å². The van der Waals surface area contributed by atoms with Crippen molar-refractivity contribution in [3.8, 4) is 0 Å². The summed E-state index contributed by atoms with van der Waals surface area (Å²) >= 11 is 1.93. The van der Waals surface area contributed by atoms with E-state index >= 15 is 0 Å². The molecule has 0 bridgehead atoms. The lowest BCUT2D eigenvalue weighted by Gasteiger charge is -2.21. The van der Waals surface area contributed by atoms with Gasteiger partial charge in [-0.15, -0.1) is 11.3 Å². The number of thiazole rings is 1. The van der Waals surface area contributed by atoms with Gasteiger partial charge in [-0.1, -0.05) is 13.8 Å². The quantitative estimate of drug-likeness (QED) is 0.793. The van der Waals surface area contributed by atoms with E-state index in [0.29, 0.717) is 0 Å². The summed E-state index contributed by atoms with van der Waals surface area (Å²) in [7, 11) is 0. The van der Waals surface area contributed by atoms with Crippen molar-refractivity contribution in [2.45, 2.75) is 39.5 Å². The average molecular weight is 261 g/mol. The molecule has 1 N–H and O–H groups in total. The third-order valence-electron chi connectivity index (χ3n) is 3.07. The van der Waals surface area contributed by atoms with Crippen LogP contribution >= 0.6 is 11.3 Å². The Morgan fingerprint density at radius 1 is 1.50 bits per heavy atom. The van der Waals surface area contributed by atoms with Crippen LogP contribution in [0.2, 0.25) is 0 Å². The highest BCUT2D eigenvalue weighted by atomic mass is 35.5. The van der Waals surface area contributed by atoms with Crippen LogP contribution in [0.25, 0.3) is 0 Å². The molecule has 2 nitrogen and oxygen atoms in total. The molecule has 1 heterocycles. The first-order valence-corrected chi connectivity index (χ1v) is 6.83. The van der Waals surface area contributed by atoms with Crippen LogP contribution < -0.4 is 17.7 Å². The summed E-state index contributed by atoms with van der Waals surface area (Å²) in [6.07, 6.45) is 4.85. The van der Waals surface area contributed by atoms with E-state index in [1.165, 1.54) is 36.5 Å². The van der Waals surface area contributed by atoms with E-state index in [4.69, 9.17) is 0 Å². The van der Waals surface area contributed by atoms with Gasteiger partial charge >= 0.3 is 1.43 Å². The summed E-state index contributed by atoms with van der Waals surface area (Å²) in [6.45, 7) is 6.64. The van der Waals surface area contributed by atoms with E-state index < -0.39 is 0 Å². The number of rotatable bonds is 4. The normalized spacial score (nSPS) is 19.0. The summed E-state index contributed by atoms with van der Waals surface area (Å²) in [5.41, 5.74) is 1.39. The molecule has 0 aromatic carbocycles. The fourth-order valence-electron chi connectivity index (χ4n) is 2.17. The first kappa shape index (κ1) is 13.9. The molecule has 0 radical (unpaired) electrons. The van der Waals surface area contributed by atoms with Crippen LogP contribution in [-0.4, -0.2) is 18.1 Å². The van der Waals surface area contributed by atoms with Crippen molar-refractivity contribution in [3.63, 3.8) is 0 Å². The molecular formula is C12H21ClN2S. The Morgan fingerprint density at radius 2 is 2.31 bits per heavy atom. The maximum Gasteiger partial charge on any atom is 1.00 e. The van der Waals surface area contributed by atoms with Gasteiger partial charge in [-0.2, -0.15) is 0 Å². The van der Waals surface area contributed by atoms with Crippen molar-refractivity contribution in [2.24, 2.45) is 5.92 Å². The van der Waals surface area contributed by atoms with Crippen LogP contribution in [0.4, 0.5) is 0 Å². The minimum atomic E-state index is 0. The van der Waals surface area contributed by atoms with Gasteiger partial charge in [0.05, 0.1) is 10.7 Å². The second-order valence-electron chi connectivity index (χ2n) is 4.25. The molecule has 92 valence electrons. The minimum absolute atomic E-state index is 0. The number of hydrogen-bond donors (Lipinski definition) is 1. The molecule has 1 atom stereocenters. The lowest BCUT2D eigenvalue weighted by molar-refractivity contribution is -0.00000329. The number of aromatic nitrogens is 1. The molecule has 1 unspecified atom stereocenters. The van der Waals surface area contributed by atoms with Crippen LogP contribution in [0.1, 0.15) is 37.3 Å². The van der Waals surface area contributed by atoms with Crippen molar-refractivity contribution in [1.29, 1.82) is 0 Å². The van der Waals surface area contributed by atoms with E-state index in [-0.39, 0.29) is 13.8 Å². The molecule has 0 aliphatic heterocycles. The maximum absolute atomic E-state index is 4.68. The zero-order valence-electron chi connectivity index (χ0n) is 11.1. The molecule has 0 fully saturated rings. The minimum Gasteiger partial charge on any atom is -1.00 e. The first-order valence-electron chi connectivity index (χ1n) is 6.01. The van der Waals surface area contributed by atoms with Gasteiger partial charge < -0.3 is 17.7 Å². The SMILES string of the molecule is CCNCC1CCc2nc(CC)sc2C1.[Cl-].[H+]. The molecule has 0 saturated carbocycles. The molecule has 1 aromatic heterocycles. The fraction of sp³-hybridized carbons (Fsp3) is 0.750. The van der Waals surface area contributed by atoms with E-state index in [0.717, 1.165) is 18.9 Å². The topological polar surface area (TPSA) is 24.9 Å². The summed E-state index contributed by atoms with van der Waals surface area (Å²) in [6, 6.07) is 0. The van der Waals surface area contributed by atoms with Gasteiger partial charge in [0.15, 0.2) is 0 Å². The number of nitrogens with zero attached hydrogens (tertiary/aromatic N) is 1. The zero-order valence-corrected chi connectivity index (χ0v) is 11.6. The lowest BCUT2D eigenvalue weighted by atomic mass is 9.91. The summed E-state index contributed by atoms with van der Waals surface area (Å²) in [4.78, 5) is 6.24. The highest BCUT2D eigenvalue weighted by Gasteiger charge is 2.21. The van der Waals surface area contributed by atoms with Crippen molar-refractivity contribution < 1.29 is 13.8 Å².